The Kier molecular flexibility index (Phi) is 6.72. The van der Waals surface area contributed by atoms with Gasteiger partial charge in [-0.1, -0.05) is 46.3 Å². The summed E-state index contributed by atoms with van der Waals surface area (Å²) < 4.78 is 10.7. The molecular formula is C20H25BrN2O5. The summed E-state index contributed by atoms with van der Waals surface area (Å²) in [6.07, 6.45) is 2.05. The summed E-state index contributed by atoms with van der Waals surface area (Å²) in [7, 11) is 1.31. The predicted molar refractivity (Wildman–Crippen MR) is 106 cm³/mol. The highest BCUT2D eigenvalue weighted by atomic mass is 79.9. The standard InChI is InChI=1S/C20H25BrN2O5/c1-27-19(26)18-20(8-9-20)23(17(25)13-22(18)16(24)12-21)10-5-11-28-14-15-6-3-2-4-7-15/h2-4,6-7,18H,5,8-14H2,1H3. The molecule has 1 aliphatic heterocycles. The Morgan fingerprint density at radius 1 is 1.25 bits per heavy atom. The van der Waals surface area contributed by atoms with Gasteiger partial charge in [-0.25, -0.2) is 4.79 Å². The summed E-state index contributed by atoms with van der Waals surface area (Å²) in [5, 5.41) is 0.0666. The Labute approximate surface area is 173 Å². The molecule has 0 bridgehead atoms. The third-order valence-electron chi connectivity index (χ3n) is 5.37. The maximum absolute atomic E-state index is 12.7. The third-order valence-corrected chi connectivity index (χ3v) is 5.85. The van der Waals surface area contributed by atoms with Crippen LogP contribution in [0.5, 0.6) is 0 Å². The van der Waals surface area contributed by atoms with Crippen LogP contribution in [-0.4, -0.2) is 71.3 Å². The largest absolute Gasteiger partial charge is 0.467 e. The molecule has 0 radical (unpaired) electrons. The topological polar surface area (TPSA) is 76.2 Å². The first kappa shape index (κ1) is 20.8. The minimum absolute atomic E-state index is 0.0666. The van der Waals surface area contributed by atoms with E-state index in [4.69, 9.17) is 9.47 Å². The zero-order valence-electron chi connectivity index (χ0n) is 15.9. The molecule has 1 unspecified atom stereocenters. The van der Waals surface area contributed by atoms with E-state index < -0.39 is 17.6 Å². The molecule has 3 rings (SSSR count). The minimum Gasteiger partial charge on any atom is -0.467 e. The molecule has 1 aliphatic carbocycles. The molecule has 0 aromatic heterocycles. The zero-order valence-corrected chi connectivity index (χ0v) is 17.5. The molecule has 2 amide bonds. The summed E-state index contributed by atoms with van der Waals surface area (Å²) in [5.41, 5.74) is 0.463. The Bertz CT molecular complexity index is 723. The van der Waals surface area contributed by atoms with Crippen molar-refractivity contribution in [2.24, 2.45) is 0 Å². The number of methoxy groups -OCH3 is 1. The molecular weight excluding hydrogens is 428 g/mol. The molecule has 28 heavy (non-hydrogen) atoms. The number of esters is 1. The second-order valence-electron chi connectivity index (χ2n) is 7.12. The normalized spacial score (nSPS) is 20.4. The van der Waals surface area contributed by atoms with Crippen molar-refractivity contribution < 1.29 is 23.9 Å². The summed E-state index contributed by atoms with van der Waals surface area (Å²) >= 11 is 3.14. The minimum atomic E-state index is -0.745. The number of nitrogens with zero attached hydrogens (tertiary/aromatic N) is 2. The van der Waals surface area contributed by atoms with Crippen LogP contribution in [0.3, 0.4) is 0 Å². The van der Waals surface area contributed by atoms with Crippen molar-refractivity contribution in [2.75, 3.05) is 32.1 Å². The van der Waals surface area contributed by atoms with Crippen LogP contribution in [0.25, 0.3) is 0 Å². The summed E-state index contributed by atoms with van der Waals surface area (Å²) in [5.74, 6) is -0.875. The number of piperazine rings is 1. The Balaban J connectivity index is 1.61. The van der Waals surface area contributed by atoms with Crippen molar-refractivity contribution in [3.05, 3.63) is 35.9 Å². The van der Waals surface area contributed by atoms with Gasteiger partial charge in [-0.3, -0.25) is 9.59 Å². The number of amides is 2. The second kappa shape index (κ2) is 9.05. The highest BCUT2D eigenvalue weighted by Gasteiger charge is 2.64. The SMILES string of the molecule is COC(=O)C1N(C(=O)CBr)CC(=O)N(CCCOCc2ccccc2)C12CC2. The van der Waals surface area contributed by atoms with E-state index >= 15 is 0 Å². The van der Waals surface area contributed by atoms with E-state index in [-0.39, 0.29) is 23.7 Å². The molecule has 1 aromatic rings. The molecule has 2 fully saturated rings. The van der Waals surface area contributed by atoms with Crippen LogP contribution >= 0.6 is 15.9 Å². The molecule has 1 saturated heterocycles. The van der Waals surface area contributed by atoms with Crippen LogP contribution < -0.4 is 0 Å². The maximum atomic E-state index is 12.7. The highest BCUT2D eigenvalue weighted by molar-refractivity contribution is 9.09. The van der Waals surface area contributed by atoms with Crippen LogP contribution in [-0.2, 0) is 30.5 Å². The van der Waals surface area contributed by atoms with E-state index in [0.717, 1.165) is 5.56 Å². The van der Waals surface area contributed by atoms with Gasteiger partial charge in [-0.2, -0.15) is 0 Å². The van der Waals surface area contributed by atoms with Crippen molar-refractivity contribution in [3.8, 4) is 0 Å². The van der Waals surface area contributed by atoms with E-state index in [1.165, 1.54) is 12.0 Å². The average Bonchev–Trinajstić information content (AvgIpc) is 3.49. The highest BCUT2D eigenvalue weighted by Crippen LogP contribution is 2.49. The summed E-state index contributed by atoms with van der Waals surface area (Å²) in [6, 6.07) is 9.16. The van der Waals surface area contributed by atoms with Crippen molar-refractivity contribution in [2.45, 2.75) is 37.5 Å². The molecule has 152 valence electrons. The van der Waals surface area contributed by atoms with Crippen LogP contribution in [0.15, 0.2) is 30.3 Å². The first-order chi connectivity index (χ1) is 13.5. The lowest BCUT2D eigenvalue weighted by molar-refractivity contribution is -0.167. The number of ether oxygens (including phenoxy) is 2. The monoisotopic (exact) mass is 452 g/mol. The van der Waals surface area contributed by atoms with E-state index in [0.29, 0.717) is 39.0 Å². The van der Waals surface area contributed by atoms with Gasteiger partial charge in [0.05, 0.1) is 24.6 Å². The number of hydrogen-bond donors (Lipinski definition) is 0. The summed E-state index contributed by atoms with van der Waals surface area (Å²) in [6.45, 7) is 1.44. The number of rotatable bonds is 8. The van der Waals surface area contributed by atoms with Crippen LogP contribution in [0, 0.1) is 0 Å². The van der Waals surface area contributed by atoms with E-state index in [2.05, 4.69) is 15.9 Å². The van der Waals surface area contributed by atoms with Gasteiger partial charge in [0.1, 0.15) is 6.54 Å². The van der Waals surface area contributed by atoms with Crippen molar-refractivity contribution in [1.82, 2.24) is 9.80 Å². The smallest absolute Gasteiger partial charge is 0.331 e. The van der Waals surface area contributed by atoms with Gasteiger partial charge in [0.15, 0.2) is 6.04 Å². The van der Waals surface area contributed by atoms with Gasteiger partial charge in [0.25, 0.3) is 0 Å². The Morgan fingerprint density at radius 3 is 2.57 bits per heavy atom. The van der Waals surface area contributed by atoms with Crippen LogP contribution in [0.1, 0.15) is 24.8 Å². The Hall–Kier alpha value is -1.93. The average molecular weight is 453 g/mol. The molecule has 1 saturated carbocycles. The molecule has 8 heteroatoms. The van der Waals surface area contributed by atoms with Crippen molar-refractivity contribution >= 4 is 33.7 Å². The fourth-order valence-electron chi connectivity index (χ4n) is 3.88. The number of halogens is 1. The fraction of sp³-hybridized carbons (Fsp3) is 0.550. The lowest BCUT2D eigenvalue weighted by atomic mass is 9.97. The van der Waals surface area contributed by atoms with Crippen molar-refractivity contribution in [3.63, 3.8) is 0 Å². The van der Waals surface area contributed by atoms with E-state index in [1.54, 1.807) is 4.90 Å². The fourth-order valence-corrected chi connectivity index (χ4v) is 4.21. The van der Waals surface area contributed by atoms with Gasteiger partial charge >= 0.3 is 5.97 Å². The maximum Gasteiger partial charge on any atom is 0.331 e. The second-order valence-corrected chi connectivity index (χ2v) is 7.68. The number of alkyl halides is 1. The summed E-state index contributed by atoms with van der Waals surface area (Å²) in [4.78, 5) is 40.6. The lowest BCUT2D eigenvalue weighted by Gasteiger charge is -2.46. The van der Waals surface area contributed by atoms with Crippen LogP contribution in [0.2, 0.25) is 0 Å². The van der Waals surface area contributed by atoms with Gasteiger partial charge < -0.3 is 19.3 Å². The van der Waals surface area contributed by atoms with Crippen molar-refractivity contribution in [1.29, 1.82) is 0 Å². The zero-order chi connectivity index (χ0) is 20.1. The van der Waals surface area contributed by atoms with Gasteiger partial charge in [0.2, 0.25) is 11.8 Å². The number of benzene rings is 1. The quantitative estimate of drug-likeness (QED) is 0.341. The lowest BCUT2D eigenvalue weighted by Crippen LogP contribution is -2.68. The number of carbonyl (C=O) groups is 3. The first-order valence-corrected chi connectivity index (χ1v) is 10.5. The molecule has 1 atom stereocenters. The van der Waals surface area contributed by atoms with Gasteiger partial charge in [-0.15, -0.1) is 0 Å². The number of hydrogen-bond acceptors (Lipinski definition) is 5. The molecule has 0 N–H and O–H groups in total. The predicted octanol–water partition coefficient (Wildman–Crippen LogP) is 1.73. The van der Waals surface area contributed by atoms with Gasteiger partial charge in [-0.05, 0) is 24.8 Å². The Morgan fingerprint density at radius 2 is 1.96 bits per heavy atom. The molecule has 7 nitrogen and oxygen atoms in total. The first-order valence-electron chi connectivity index (χ1n) is 9.39. The third kappa shape index (κ3) is 4.22. The number of carbonyl (C=O) groups excluding carboxylic acids is 3. The van der Waals surface area contributed by atoms with E-state index in [1.807, 2.05) is 30.3 Å². The molecule has 1 spiro atoms. The molecule has 2 aliphatic rings. The van der Waals surface area contributed by atoms with Gasteiger partial charge in [0, 0.05) is 13.2 Å². The van der Waals surface area contributed by atoms with E-state index in [9.17, 15) is 14.4 Å². The molecule has 1 aromatic carbocycles. The van der Waals surface area contributed by atoms with Crippen LogP contribution in [0.4, 0.5) is 0 Å². The molecule has 1 heterocycles.